The van der Waals surface area contributed by atoms with Gasteiger partial charge >= 0.3 is 0 Å². The molecule has 0 N–H and O–H groups in total. The molecule has 2 nitrogen and oxygen atoms in total. The predicted octanol–water partition coefficient (Wildman–Crippen LogP) is 2.48. The first-order valence-corrected chi connectivity index (χ1v) is 4.33. The highest BCUT2D eigenvalue weighted by molar-refractivity contribution is 5.09. The zero-order valence-electron chi connectivity index (χ0n) is 8.21. The molecule has 0 saturated heterocycles. The van der Waals surface area contributed by atoms with Gasteiger partial charge in [-0.1, -0.05) is 18.2 Å². The Morgan fingerprint density at radius 2 is 2.31 bits per heavy atom. The van der Waals surface area contributed by atoms with E-state index in [2.05, 4.69) is 11.6 Å². The molecule has 0 amide bonds. The number of rotatable bonds is 4. The molecular weight excluding hydrogens is 162 g/mol. The van der Waals surface area contributed by atoms with E-state index in [1.807, 2.05) is 32.0 Å². The number of pyridine rings is 1. The molecule has 70 valence electrons. The molecule has 0 fully saturated rings. The van der Waals surface area contributed by atoms with Gasteiger partial charge in [0.05, 0.1) is 18.9 Å². The molecule has 0 radical (unpaired) electrons. The normalized spacial score (nSPS) is 10.0. The Bertz CT molecular complexity index is 294. The van der Waals surface area contributed by atoms with Gasteiger partial charge < -0.3 is 4.74 Å². The first kappa shape index (κ1) is 9.93. The quantitative estimate of drug-likeness (QED) is 0.659. The van der Waals surface area contributed by atoms with E-state index in [4.69, 9.17) is 4.74 Å². The van der Waals surface area contributed by atoms with E-state index in [1.165, 1.54) is 0 Å². The smallest absolute Gasteiger partial charge is 0.0892 e. The van der Waals surface area contributed by atoms with Gasteiger partial charge in [-0.05, 0) is 26.0 Å². The molecule has 0 aliphatic carbocycles. The van der Waals surface area contributed by atoms with Crippen molar-refractivity contribution in [3.8, 4) is 0 Å². The van der Waals surface area contributed by atoms with E-state index in [-0.39, 0.29) is 0 Å². The van der Waals surface area contributed by atoms with Gasteiger partial charge in [-0.2, -0.15) is 0 Å². The SMILES string of the molecule is C=C(C)COCc1cccc(C)n1. The number of ether oxygens (including phenoxy) is 1. The second-order valence-electron chi connectivity index (χ2n) is 3.22. The van der Waals surface area contributed by atoms with Gasteiger partial charge in [-0.3, -0.25) is 4.98 Å². The fourth-order valence-electron chi connectivity index (χ4n) is 1.01. The van der Waals surface area contributed by atoms with Gasteiger partial charge in [0.2, 0.25) is 0 Å². The second kappa shape index (κ2) is 4.77. The molecule has 1 aromatic heterocycles. The summed E-state index contributed by atoms with van der Waals surface area (Å²) in [5.41, 5.74) is 3.03. The third-order valence-corrected chi connectivity index (χ3v) is 1.54. The Kier molecular flexibility index (Phi) is 3.65. The molecule has 1 rings (SSSR count). The highest BCUT2D eigenvalue weighted by Gasteiger charge is 1.94. The second-order valence-corrected chi connectivity index (χ2v) is 3.22. The van der Waals surface area contributed by atoms with Crippen molar-refractivity contribution in [2.45, 2.75) is 20.5 Å². The van der Waals surface area contributed by atoms with Gasteiger partial charge in [0.15, 0.2) is 0 Å². The zero-order valence-corrected chi connectivity index (χ0v) is 8.21. The predicted molar refractivity (Wildman–Crippen MR) is 53.4 cm³/mol. The highest BCUT2D eigenvalue weighted by atomic mass is 16.5. The average Bonchev–Trinajstić information content (AvgIpc) is 2.03. The molecule has 0 saturated carbocycles. The Morgan fingerprint density at radius 1 is 1.54 bits per heavy atom. The molecule has 0 aromatic carbocycles. The molecule has 1 aromatic rings. The molecule has 0 aliphatic rings. The fourth-order valence-corrected chi connectivity index (χ4v) is 1.01. The van der Waals surface area contributed by atoms with E-state index < -0.39 is 0 Å². The lowest BCUT2D eigenvalue weighted by Crippen LogP contribution is -1.98. The lowest BCUT2D eigenvalue weighted by atomic mass is 10.3. The Hall–Kier alpha value is -1.15. The monoisotopic (exact) mass is 177 g/mol. The maximum absolute atomic E-state index is 5.37. The van der Waals surface area contributed by atoms with Crippen LogP contribution in [0.15, 0.2) is 30.4 Å². The van der Waals surface area contributed by atoms with Crippen LogP contribution in [-0.2, 0) is 11.3 Å². The summed E-state index contributed by atoms with van der Waals surface area (Å²) < 4.78 is 5.37. The molecule has 2 heteroatoms. The standard InChI is InChI=1S/C11H15NO/c1-9(2)7-13-8-11-6-4-5-10(3)12-11/h4-6H,1,7-8H2,2-3H3. The van der Waals surface area contributed by atoms with Gasteiger partial charge in [-0.15, -0.1) is 0 Å². The maximum atomic E-state index is 5.37. The largest absolute Gasteiger partial charge is 0.371 e. The third-order valence-electron chi connectivity index (χ3n) is 1.54. The summed E-state index contributed by atoms with van der Waals surface area (Å²) >= 11 is 0. The molecule has 0 unspecified atom stereocenters. The van der Waals surface area contributed by atoms with E-state index in [0.717, 1.165) is 17.0 Å². The number of hydrogen-bond donors (Lipinski definition) is 0. The first-order valence-electron chi connectivity index (χ1n) is 4.33. The molecule has 0 atom stereocenters. The summed E-state index contributed by atoms with van der Waals surface area (Å²) in [6.45, 7) is 8.85. The van der Waals surface area contributed by atoms with Crippen molar-refractivity contribution in [3.05, 3.63) is 41.7 Å². The zero-order chi connectivity index (χ0) is 9.68. The molecule has 0 bridgehead atoms. The van der Waals surface area contributed by atoms with E-state index in [0.29, 0.717) is 13.2 Å². The minimum atomic E-state index is 0.564. The van der Waals surface area contributed by atoms with Crippen molar-refractivity contribution in [1.29, 1.82) is 0 Å². The van der Waals surface area contributed by atoms with Gasteiger partial charge in [0.1, 0.15) is 0 Å². The van der Waals surface area contributed by atoms with Crippen LogP contribution < -0.4 is 0 Å². The number of nitrogens with zero attached hydrogens (tertiary/aromatic N) is 1. The Balaban J connectivity index is 2.41. The van der Waals surface area contributed by atoms with Crippen LogP contribution in [-0.4, -0.2) is 11.6 Å². The topological polar surface area (TPSA) is 22.1 Å². The Morgan fingerprint density at radius 3 is 2.92 bits per heavy atom. The van der Waals surface area contributed by atoms with Gasteiger partial charge in [0, 0.05) is 5.69 Å². The summed E-state index contributed by atoms with van der Waals surface area (Å²) in [4.78, 5) is 4.32. The summed E-state index contributed by atoms with van der Waals surface area (Å²) in [5.74, 6) is 0. The Labute approximate surface area is 79.3 Å². The third kappa shape index (κ3) is 3.85. The lowest BCUT2D eigenvalue weighted by molar-refractivity contribution is 0.140. The van der Waals surface area contributed by atoms with Crippen LogP contribution in [0.1, 0.15) is 18.3 Å². The van der Waals surface area contributed by atoms with E-state index in [9.17, 15) is 0 Å². The van der Waals surface area contributed by atoms with E-state index >= 15 is 0 Å². The maximum Gasteiger partial charge on any atom is 0.0892 e. The van der Waals surface area contributed by atoms with Crippen molar-refractivity contribution >= 4 is 0 Å². The van der Waals surface area contributed by atoms with Gasteiger partial charge in [0.25, 0.3) is 0 Å². The van der Waals surface area contributed by atoms with Crippen LogP contribution in [0.2, 0.25) is 0 Å². The van der Waals surface area contributed by atoms with Crippen LogP contribution >= 0.6 is 0 Å². The lowest BCUT2D eigenvalue weighted by Gasteiger charge is -2.03. The summed E-state index contributed by atoms with van der Waals surface area (Å²) in [6.07, 6.45) is 0. The van der Waals surface area contributed by atoms with Crippen molar-refractivity contribution in [3.63, 3.8) is 0 Å². The number of aromatic nitrogens is 1. The van der Waals surface area contributed by atoms with E-state index in [1.54, 1.807) is 0 Å². The van der Waals surface area contributed by atoms with Crippen molar-refractivity contribution in [1.82, 2.24) is 4.98 Å². The minimum Gasteiger partial charge on any atom is -0.371 e. The minimum absolute atomic E-state index is 0.564. The molecule has 1 heterocycles. The average molecular weight is 177 g/mol. The van der Waals surface area contributed by atoms with Crippen LogP contribution in [0, 0.1) is 6.92 Å². The van der Waals surface area contributed by atoms with Crippen molar-refractivity contribution in [2.75, 3.05) is 6.61 Å². The highest BCUT2D eigenvalue weighted by Crippen LogP contribution is 2.00. The number of hydrogen-bond acceptors (Lipinski definition) is 2. The molecule has 0 spiro atoms. The van der Waals surface area contributed by atoms with Crippen LogP contribution in [0.4, 0.5) is 0 Å². The van der Waals surface area contributed by atoms with Gasteiger partial charge in [-0.25, -0.2) is 0 Å². The van der Waals surface area contributed by atoms with Crippen LogP contribution in [0.5, 0.6) is 0 Å². The fraction of sp³-hybridized carbons (Fsp3) is 0.364. The summed E-state index contributed by atoms with van der Waals surface area (Å²) in [6, 6.07) is 5.93. The number of aryl methyl sites for hydroxylation is 1. The summed E-state index contributed by atoms with van der Waals surface area (Å²) in [7, 11) is 0. The first-order chi connectivity index (χ1) is 6.18. The molecule has 13 heavy (non-hydrogen) atoms. The van der Waals surface area contributed by atoms with Crippen LogP contribution in [0.3, 0.4) is 0 Å². The van der Waals surface area contributed by atoms with Crippen molar-refractivity contribution < 1.29 is 4.74 Å². The molecular formula is C11H15NO. The summed E-state index contributed by atoms with van der Waals surface area (Å²) in [5, 5.41) is 0. The van der Waals surface area contributed by atoms with Crippen molar-refractivity contribution in [2.24, 2.45) is 0 Å². The molecule has 0 aliphatic heterocycles. The van der Waals surface area contributed by atoms with Crippen LogP contribution in [0.25, 0.3) is 0 Å².